The van der Waals surface area contributed by atoms with Gasteiger partial charge in [-0.15, -0.1) is 0 Å². The Morgan fingerprint density at radius 2 is 2.27 bits per heavy atom. The van der Waals surface area contributed by atoms with E-state index in [0.29, 0.717) is 11.8 Å². The maximum atomic E-state index is 10.9. The lowest BCUT2D eigenvalue weighted by Gasteiger charge is -1.90. The second kappa shape index (κ2) is 3.05. The van der Waals surface area contributed by atoms with E-state index in [-0.39, 0.29) is 5.56 Å². The van der Waals surface area contributed by atoms with Gasteiger partial charge in [-0.25, -0.2) is 0 Å². The molecule has 0 bridgehead atoms. The molecule has 1 aliphatic rings. The Kier molecular flexibility index (Phi) is 1.71. The fraction of sp³-hybridized carbons (Fsp3) is 0.300. The molecule has 0 atom stereocenters. The van der Waals surface area contributed by atoms with E-state index in [0.717, 1.165) is 24.2 Å². The molecule has 0 unspecified atom stereocenters. The van der Waals surface area contributed by atoms with Gasteiger partial charge >= 0.3 is 0 Å². The molecular weight excluding hydrogens is 194 g/mol. The zero-order valence-electron chi connectivity index (χ0n) is 7.93. The van der Waals surface area contributed by atoms with Crippen molar-refractivity contribution in [2.24, 2.45) is 0 Å². The summed E-state index contributed by atoms with van der Waals surface area (Å²) in [5, 5.41) is 3.90. The van der Waals surface area contributed by atoms with E-state index in [1.165, 1.54) is 6.07 Å². The molecule has 2 aromatic rings. The smallest absolute Gasteiger partial charge is 0.259 e. The fourth-order valence-electron chi connectivity index (χ4n) is 1.40. The average molecular weight is 203 g/mol. The Bertz CT molecular complexity index is 519. The molecule has 2 heterocycles. The van der Waals surface area contributed by atoms with Crippen LogP contribution in [0.1, 0.15) is 24.6 Å². The van der Waals surface area contributed by atoms with E-state index >= 15 is 0 Å². The van der Waals surface area contributed by atoms with Gasteiger partial charge in [-0.05, 0) is 18.9 Å². The first-order valence-corrected chi connectivity index (χ1v) is 4.85. The van der Waals surface area contributed by atoms with Crippen LogP contribution in [0.4, 0.5) is 0 Å². The first-order valence-electron chi connectivity index (χ1n) is 4.85. The predicted octanol–water partition coefficient (Wildman–Crippen LogP) is 1.30. The van der Waals surface area contributed by atoms with Crippen LogP contribution in [0.25, 0.3) is 11.5 Å². The molecule has 15 heavy (non-hydrogen) atoms. The Hall–Kier alpha value is -1.91. The minimum absolute atomic E-state index is 0.138. The molecule has 1 saturated carbocycles. The van der Waals surface area contributed by atoms with Crippen LogP contribution in [0, 0.1) is 0 Å². The summed E-state index contributed by atoms with van der Waals surface area (Å²) >= 11 is 0. The number of nitrogens with one attached hydrogen (secondary N) is 1. The van der Waals surface area contributed by atoms with Gasteiger partial charge in [-0.2, -0.15) is 4.98 Å². The largest absolute Gasteiger partial charge is 0.334 e. The average Bonchev–Trinajstić information content (AvgIpc) is 2.99. The van der Waals surface area contributed by atoms with Gasteiger partial charge in [0, 0.05) is 18.2 Å². The van der Waals surface area contributed by atoms with Gasteiger partial charge in [0.25, 0.3) is 5.89 Å². The van der Waals surface area contributed by atoms with Crippen LogP contribution in [-0.2, 0) is 0 Å². The third-order valence-electron chi connectivity index (χ3n) is 2.42. The van der Waals surface area contributed by atoms with Gasteiger partial charge in [0.05, 0.1) is 5.56 Å². The van der Waals surface area contributed by atoms with Crippen LogP contribution in [0.2, 0.25) is 0 Å². The third-order valence-corrected chi connectivity index (χ3v) is 2.42. The minimum Gasteiger partial charge on any atom is -0.334 e. The van der Waals surface area contributed by atoms with Crippen LogP contribution in [0.15, 0.2) is 27.6 Å². The van der Waals surface area contributed by atoms with Gasteiger partial charge < -0.3 is 9.51 Å². The normalized spacial score (nSPS) is 15.5. The number of H-pyrrole nitrogens is 1. The Balaban J connectivity index is 1.97. The molecule has 0 radical (unpaired) electrons. The van der Waals surface area contributed by atoms with Crippen LogP contribution in [0.5, 0.6) is 0 Å². The lowest BCUT2D eigenvalue weighted by Crippen LogP contribution is -2.01. The monoisotopic (exact) mass is 203 g/mol. The summed E-state index contributed by atoms with van der Waals surface area (Å²) < 4.78 is 5.11. The van der Waals surface area contributed by atoms with Crippen molar-refractivity contribution in [3.63, 3.8) is 0 Å². The molecule has 0 spiro atoms. The summed E-state index contributed by atoms with van der Waals surface area (Å²) in [7, 11) is 0. The molecule has 3 rings (SSSR count). The van der Waals surface area contributed by atoms with Crippen molar-refractivity contribution in [2.75, 3.05) is 0 Å². The maximum Gasteiger partial charge on any atom is 0.259 e. The highest BCUT2D eigenvalue weighted by molar-refractivity contribution is 5.50. The van der Waals surface area contributed by atoms with Crippen LogP contribution < -0.4 is 5.56 Å². The second-order valence-corrected chi connectivity index (χ2v) is 3.67. The fourth-order valence-corrected chi connectivity index (χ4v) is 1.40. The van der Waals surface area contributed by atoms with Crippen molar-refractivity contribution in [3.8, 4) is 11.5 Å². The number of hydrogen-bond acceptors (Lipinski definition) is 4. The summed E-state index contributed by atoms with van der Waals surface area (Å²) in [6.45, 7) is 0. The number of rotatable bonds is 2. The van der Waals surface area contributed by atoms with E-state index < -0.39 is 0 Å². The number of hydrogen-bond donors (Lipinski definition) is 1. The van der Waals surface area contributed by atoms with Crippen molar-refractivity contribution in [1.29, 1.82) is 0 Å². The molecule has 1 N–H and O–H groups in total. The van der Waals surface area contributed by atoms with Crippen molar-refractivity contribution >= 4 is 0 Å². The first kappa shape index (κ1) is 8.40. The highest BCUT2D eigenvalue weighted by atomic mass is 16.5. The van der Waals surface area contributed by atoms with E-state index in [1.54, 1.807) is 12.3 Å². The zero-order valence-corrected chi connectivity index (χ0v) is 7.93. The van der Waals surface area contributed by atoms with Crippen LogP contribution >= 0.6 is 0 Å². The molecule has 5 heteroatoms. The molecule has 0 aromatic carbocycles. The highest BCUT2D eigenvalue weighted by Crippen LogP contribution is 2.38. The third kappa shape index (κ3) is 1.56. The summed E-state index contributed by atoms with van der Waals surface area (Å²) in [6, 6.07) is 3.11. The molecule has 0 amide bonds. The topological polar surface area (TPSA) is 71.8 Å². The Labute approximate surface area is 85.1 Å². The predicted molar refractivity (Wildman–Crippen MR) is 52.3 cm³/mol. The quantitative estimate of drug-likeness (QED) is 0.798. The Morgan fingerprint density at radius 3 is 2.93 bits per heavy atom. The molecule has 0 saturated heterocycles. The number of pyridine rings is 1. The molecule has 5 nitrogen and oxygen atoms in total. The molecule has 0 aliphatic heterocycles. The zero-order chi connectivity index (χ0) is 10.3. The second-order valence-electron chi connectivity index (χ2n) is 3.67. The summed E-state index contributed by atoms with van der Waals surface area (Å²) in [6.07, 6.45) is 3.86. The van der Waals surface area contributed by atoms with Gasteiger partial charge in [-0.3, -0.25) is 4.79 Å². The van der Waals surface area contributed by atoms with Crippen LogP contribution in [0.3, 0.4) is 0 Å². The van der Waals surface area contributed by atoms with E-state index in [9.17, 15) is 4.79 Å². The molecular formula is C10H9N3O2. The van der Waals surface area contributed by atoms with Gasteiger partial charge in [-0.1, -0.05) is 5.16 Å². The lowest BCUT2D eigenvalue weighted by molar-refractivity contribution is 0.422. The summed E-state index contributed by atoms with van der Waals surface area (Å²) in [5.74, 6) is 1.72. The minimum atomic E-state index is -0.138. The Morgan fingerprint density at radius 1 is 1.40 bits per heavy atom. The number of aromatic nitrogens is 3. The lowest BCUT2D eigenvalue weighted by atomic mass is 10.3. The van der Waals surface area contributed by atoms with Gasteiger partial charge in [0.2, 0.25) is 5.56 Å². The maximum absolute atomic E-state index is 10.9. The van der Waals surface area contributed by atoms with Crippen LogP contribution in [-0.4, -0.2) is 15.1 Å². The molecule has 1 aliphatic carbocycles. The van der Waals surface area contributed by atoms with E-state index in [1.807, 2.05) is 0 Å². The number of aromatic amines is 1. The number of nitrogens with zero attached hydrogens (tertiary/aromatic N) is 2. The summed E-state index contributed by atoms with van der Waals surface area (Å²) in [4.78, 5) is 17.7. The van der Waals surface area contributed by atoms with Crippen molar-refractivity contribution in [3.05, 3.63) is 34.5 Å². The van der Waals surface area contributed by atoms with E-state index in [2.05, 4.69) is 15.1 Å². The highest BCUT2D eigenvalue weighted by Gasteiger charge is 2.28. The van der Waals surface area contributed by atoms with Gasteiger partial charge in [0.15, 0.2) is 5.82 Å². The van der Waals surface area contributed by atoms with Gasteiger partial charge in [0.1, 0.15) is 0 Å². The van der Waals surface area contributed by atoms with Crippen molar-refractivity contribution in [2.45, 2.75) is 18.8 Å². The molecule has 76 valence electrons. The molecule has 2 aromatic heterocycles. The SMILES string of the molecule is O=c1ccc(-c2nc(C3CC3)no2)c[nH]1. The van der Waals surface area contributed by atoms with E-state index in [4.69, 9.17) is 4.52 Å². The standard InChI is InChI=1S/C10H9N3O2/c14-8-4-3-7(5-11-8)10-12-9(13-15-10)6-1-2-6/h3-6H,1-2H2,(H,11,14). The van der Waals surface area contributed by atoms with Crippen molar-refractivity contribution in [1.82, 2.24) is 15.1 Å². The molecule has 1 fully saturated rings. The first-order chi connectivity index (χ1) is 7.33. The summed E-state index contributed by atoms with van der Waals surface area (Å²) in [5.41, 5.74) is 0.606. The van der Waals surface area contributed by atoms with Crippen molar-refractivity contribution < 1.29 is 4.52 Å².